The van der Waals surface area contributed by atoms with Crippen LogP contribution >= 0.6 is 0 Å². The molecular weight excluding hydrogens is 378 g/mol. The van der Waals surface area contributed by atoms with Crippen LogP contribution in [0.25, 0.3) is 11.0 Å². The highest BCUT2D eigenvalue weighted by Crippen LogP contribution is 2.36. The number of likely N-dealkylation sites (tertiary alicyclic amines) is 1. The first-order chi connectivity index (χ1) is 14.6. The van der Waals surface area contributed by atoms with Crippen LogP contribution in [-0.4, -0.2) is 47.6 Å². The summed E-state index contributed by atoms with van der Waals surface area (Å²) >= 11 is 0. The lowest BCUT2D eigenvalue weighted by Crippen LogP contribution is -2.49. The van der Waals surface area contributed by atoms with Crippen molar-refractivity contribution in [3.05, 3.63) is 59.9 Å². The number of para-hydroxylation sites is 2. The molecule has 1 aliphatic rings. The topological polar surface area (TPSA) is 67.5 Å². The number of aromatic nitrogens is 2. The molecule has 30 heavy (non-hydrogen) atoms. The summed E-state index contributed by atoms with van der Waals surface area (Å²) in [5.74, 6) is 1.63. The van der Waals surface area contributed by atoms with Crippen LogP contribution in [-0.2, 0) is 22.5 Å². The van der Waals surface area contributed by atoms with Crippen molar-refractivity contribution in [2.24, 2.45) is 5.41 Å². The van der Waals surface area contributed by atoms with Gasteiger partial charge in [0.1, 0.15) is 11.6 Å². The van der Waals surface area contributed by atoms with E-state index in [9.17, 15) is 4.79 Å². The second-order valence-electron chi connectivity index (χ2n) is 8.04. The van der Waals surface area contributed by atoms with Gasteiger partial charge >= 0.3 is 5.97 Å². The number of esters is 1. The van der Waals surface area contributed by atoms with Gasteiger partial charge in [-0.25, -0.2) is 4.98 Å². The van der Waals surface area contributed by atoms with Crippen molar-refractivity contribution >= 4 is 17.0 Å². The summed E-state index contributed by atoms with van der Waals surface area (Å²) in [4.78, 5) is 23.5. The van der Waals surface area contributed by atoms with Crippen molar-refractivity contribution in [1.82, 2.24) is 14.9 Å². The van der Waals surface area contributed by atoms with Crippen LogP contribution in [0.3, 0.4) is 0 Å². The number of aromatic amines is 1. The summed E-state index contributed by atoms with van der Waals surface area (Å²) in [7, 11) is 1.66. The molecule has 2 heterocycles. The zero-order valence-electron chi connectivity index (χ0n) is 17.7. The number of piperidine rings is 1. The van der Waals surface area contributed by atoms with Gasteiger partial charge in [-0.3, -0.25) is 9.69 Å². The van der Waals surface area contributed by atoms with E-state index in [2.05, 4.69) is 16.0 Å². The van der Waals surface area contributed by atoms with E-state index >= 15 is 0 Å². The second kappa shape index (κ2) is 8.88. The maximum atomic E-state index is 13.1. The van der Waals surface area contributed by atoms with Crippen molar-refractivity contribution in [1.29, 1.82) is 0 Å². The molecule has 1 aromatic heterocycles. The number of nitrogens with one attached hydrogen (secondary N) is 1. The van der Waals surface area contributed by atoms with E-state index in [-0.39, 0.29) is 5.97 Å². The van der Waals surface area contributed by atoms with Crippen molar-refractivity contribution in [3.8, 4) is 5.75 Å². The highest BCUT2D eigenvalue weighted by Gasteiger charge is 2.43. The van der Waals surface area contributed by atoms with Crippen molar-refractivity contribution in [3.63, 3.8) is 0 Å². The minimum atomic E-state index is -0.563. The number of hydrogen-bond donors (Lipinski definition) is 1. The van der Waals surface area contributed by atoms with E-state index < -0.39 is 5.41 Å². The molecule has 2 aromatic carbocycles. The lowest BCUT2D eigenvalue weighted by Gasteiger charge is -2.41. The summed E-state index contributed by atoms with van der Waals surface area (Å²) in [6.45, 7) is 4.54. The van der Waals surface area contributed by atoms with Crippen LogP contribution in [0.2, 0.25) is 0 Å². The van der Waals surface area contributed by atoms with Crippen molar-refractivity contribution < 1.29 is 14.3 Å². The van der Waals surface area contributed by atoms with Gasteiger partial charge in [0.2, 0.25) is 0 Å². The van der Waals surface area contributed by atoms with Gasteiger partial charge in [-0.05, 0) is 62.6 Å². The number of fused-ring (bicyclic) bond motifs is 1. The number of H-pyrrole nitrogens is 1. The van der Waals surface area contributed by atoms with Crippen LogP contribution in [0.1, 0.15) is 31.2 Å². The largest absolute Gasteiger partial charge is 0.497 e. The molecule has 0 saturated carbocycles. The van der Waals surface area contributed by atoms with Gasteiger partial charge in [0.25, 0.3) is 0 Å². The zero-order valence-corrected chi connectivity index (χ0v) is 17.7. The molecule has 1 aliphatic heterocycles. The Labute approximate surface area is 177 Å². The molecule has 0 spiro atoms. The van der Waals surface area contributed by atoms with Gasteiger partial charge in [0, 0.05) is 6.54 Å². The van der Waals surface area contributed by atoms with E-state index in [0.717, 1.165) is 47.6 Å². The first-order valence-corrected chi connectivity index (χ1v) is 10.6. The Bertz CT molecular complexity index is 983. The molecule has 0 amide bonds. The zero-order chi connectivity index (χ0) is 21.0. The summed E-state index contributed by atoms with van der Waals surface area (Å²) < 4.78 is 10.9. The van der Waals surface area contributed by atoms with Crippen molar-refractivity contribution in [2.45, 2.75) is 32.7 Å². The van der Waals surface area contributed by atoms with Gasteiger partial charge in [-0.15, -0.1) is 0 Å². The molecule has 3 aromatic rings. The average molecular weight is 408 g/mol. The van der Waals surface area contributed by atoms with Gasteiger partial charge < -0.3 is 14.5 Å². The lowest BCUT2D eigenvalue weighted by molar-refractivity contribution is -0.159. The second-order valence-corrected chi connectivity index (χ2v) is 8.04. The fourth-order valence-corrected chi connectivity index (χ4v) is 4.49. The molecule has 0 radical (unpaired) electrons. The summed E-state index contributed by atoms with van der Waals surface area (Å²) in [5.41, 5.74) is 2.54. The molecule has 4 rings (SSSR count). The van der Waals surface area contributed by atoms with Crippen LogP contribution in [0, 0.1) is 5.41 Å². The Morgan fingerprint density at radius 3 is 2.90 bits per heavy atom. The Balaban J connectivity index is 1.56. The predicted molar refractivity (Wildman–Crippen MR) is 116 cm³/mol. The van der Waals surface area contributed by atoms with Crippen LogP contribution in [0.4, 0.5) is 0 Å². The monoisotopic (exact) mass is 407 g/mol. The first-order valence-electron chi connectivity index (χ1n) is 10.6. The molecule has 1 unspecified atom stereocenters. The summed E-state index contributed by atoms with van der Waals surface area (Å²) in [6, 6.07) is 16.0. The fraction of sp³-hybridized carbons (Fsp3) is 0.417. The van der Waals surface area contributed by atoms with Gasteiger partial charge in [-0.2, -0.15) is 0 Å². The molecule has 1 N–H and O–H groups in total. The van der Waals surface area contributed by atoms with E-state index in [4.69, 9.17) is 14.5 Å². The molecular formula is C24H29N3O3. The first kappa shape index (κ1) is 20.4. The SMILES string of the molecule is CCOC(=O)C1(Cc2cccc(OC)c2)CCCN(Cc2nc3ccccc3[nH]2)C1. The average Bonchev–Trinajstić information content (AvgIpc) is 3.16. The molecule has 1 atom stereocenters. The van der Waals surface area contributed by atoms with E-state index in [0.29, 0.717) is 26.1 Å². The molecule has 1 saturated heterocycles. The number of carbonyl (C=O) groups excluding carboxylic acids is 1. The Morgan fingerprint density at radius 1 is 1.23 bits per heavy atom. The molecule has 6 nitrogen and oxygen atoms in total. The lowest BCUT2D eigenvalue weighted by atomic mass is 9.75. The van der Waals surface area contributed by atoms with Crippen LogP contribution in [0.15, 0.2) is 48.5 Å². The number of rotatable bonds is 7. The Hall–Kier alpha value is -2.86. The number of hydrogen-bond acceptors (Lipinski definition) is 5. The Morgan fingerprint density at radius 2 is 2.10 bits per heavy atom. The molecule has 0 bridgehead atoms. The predicted octanol–water partition coefficient (Wildman–Crippen LogP) is 3.96. The Kier molecular flexibility index (Phi) is 6.04. The number of benzene rings is 2. The molecule has 0 aliphatic carbocycles. The number of ether oxygens (including phenoxy) is 2. The maximum Gasteiger partial charge on any atom is 0.313 e. The number of methoxy groups -OCH3 is 1. The van der Waals surface area contributed by atoms with E-state index in [1.54, 1.807) is 7.11 Å². The summed E-state index contributed by atoms with van der Waals surface area (Å²) in [5, 5.41) is 0. The third kappa shape index (κ3) is 4.33. The number of nitrogens with zero attached hydrogens (tertiary/aromatic N) is 2. The van der Waals surface area contributed by atoms with Gasteiger partial charge in [0.15, 0.2) is 0 Å². The minimum Gasteiger partial charge on any atom is -0.497 e. The van der Waals surface area contributed by atoms with E-state index in [1.165, 1.54) is 0 Å². The standard InChI is InChI=1S/C24H29N3O3/c1-3-30-23(28)24(15-18-8-6-9-19(14-18)29-2)12-7-13-27(17-24)16-22-25-20-10-4-5-11-21(20)26-22/h4-6,8-11,14H,3,7,12-13,15-17H2,1-2H3,(H,25,26). The summed E-state index contributed by atoms with van der Waals surface area (Å²) in [6.07, 6.45) is 2.41. The molecule has 158 valence electrons. The highest BCUT2D eigenvalue weighted by atomic mass is 16.5. The van der Waals surface area contributed by atoms with Gasteiger partial charge in [-0.1, -0.05) is 24.3 Å². The normalized spacial score (nSPS) is 19.7. The van der Waals surface area contributed by atoms with E-state index in [1.807, 2.05) is 49.4 Å². The third-order valence-electron chi connectivity index (χ3n) is 5.85. The molecule has 1 fully saturated rings. The van der Waals surface area contributed by atoms with Gasteiger partial charge in [0.05, 0.1) is 36.7 Å². The molecule has 6 heteroatoms. The number of carbonyl (C=O) groups is 1. The van der Waals surface area contributed by atoms with Crippen molar-refractivity contribution in [2.75, 3.05) is 26.8 Å². The van der Waals surface area contributed by atoms with Crippen LogP contribution in [0.5, 0.6) is 5.75 Å². The maximum absolute atomic E-state index is 13.1. The highest BCUT2D eigenvalue weighted by molar-refractivity contribution is 5.78. The fourth-order valence-electron chi connectivity index (χ4n) is 4.49. The third-order valence-corrected chi connectivity index (χ3v) is 5.85. The minimum absolute atomic E-state index is 0.109. The number of imidazole rings is 1. The smallest absolute Gasteiger partial charge is 0.313 e. The quantitative estimate of drug-likeness (QED) is 0.601. The van der Waals surface area contributed by atoms with Crippen LogP contribution < -0.4 is 4.74 Å².